The maximum Gasteiger partial charge on any atom is 0.337 e. The molecule has 2 heterocycles. The molecule has 16 heavy (non-hydrogen) atoms. The van der Waals surface area contributed by atoms with Crippen molar-refractivity contribution in [2.45, 2.75) is 13.8 Å². The van der Waals surface area contributed by atoms with Crippen LogP contribution >= 0.6 is 11.6 Å². The number of rotatable bonds is 1. The summed E-state index contributed by atoms with van der Waals surface area (Å²) in [5, 5.41) is 4.60. The van der Waals surface area contributed by atoms with E-state index in [2.05, 4.69) is 5.10 Å². The molecule has 0 bridgehead atoms. The third kappa shape index (κ3) is 1.53. The largest absolute Gasteiger partial charge is 0.402 e. The molecule has 0 unspecified atom stereocenters. The van der Waals surface area contributed by atoms with Gasteiger partial charge in [0.25, 0.3) is 5.91 Å². The number of nitrogens with zero attached hydrogens (tertiary/aromatic N) is 2. The van der Waals surface area contributed by atoms with Crippen molar-refractivity contribution in [1.29, 1.82) is 0 Å². The Morgan fingerprint density at radius 1 is 1.56 bits per heavy atom. The van der Waals surface area contributed by atoms with Crippen LogP contribution in [0.15, 0.2) is 15.3 Å². The number of aryl methyl sites for hydroxylation is 2. The van der Waals surface area contributed by atoms with Gasteiger partial charge >= 0.3 is 5.63 Å². The van der Waals surface area contributed by atoms with Gasteiger partial charge in [0.15, 0.2) is 0 Å². The summed E-state index contributed by atoms with van der Waals surface area (Å²) in [6, 6.07) is 1.37. The number of carbonyl (C=O) groups is 1. The number of aromatic nitrogens is 2. The van der Waals surface area contributed by atoms with Crippen LogP contribution in [0.2, 0.25) is 0 Å². The Morgan fingerprint density at radius 2 is 2.25 bits per heavy atom. The van der Waals surface area contributed by atoms with Crippen LogP contribution in [0, 0.1) is 13.8 Å². The summed E-state index contributed by atoms with van der Waals surface area (Å²) in [4.78, 5) is 22.6. The van der Waals surface area contributed by atoms with Gasteiger partial charge in [-0.05, 0) is 19.4 Å². The number of halogens is 1. The molecule has 5 nitrogen and oxygen atoms in total. The maximum atomic E-state index is 11.4. The van der Waals surface area contributed by atoms with Crippen molar-refractivity contribution in [1.82, 2.24) is 9.78 Å². The third-order valence-electron chi connectivity index (χ3n) is 2.36. The molecule has 0 aliphatic rings. The summed E-state index contributed by atoms with van der Waals surface area (Å²) in [6.07, 6.45) is 0. The van der Waals surface area contributed by atoms with Crippen molar-refractivity contribution >= 4 is 28.6 Å². The van der Waals surface area contributed by atoms with Gasteiger partial charge in [0.2, 0.25) is 5.71 Å². The van der Waals surface area contributed by atoms with Crippen molar-refractivity contribution in [2.75, 3.05) is 5.88 Å². The van der Waals surface area contributed by atoms with Gasteiger partial charge in [-0.3, -0.25) is 4.79 Å². The first kappa shape index (κ1) is 10.9. The molecule has 0 fully saturated rings. The van der Waals surface area contributed by atoms with E-state index < -0.39 is 5.63 Å². The maximum absolute atomic E-state index is 11.4. The van der Waals surface area contributed by atoms with Crippen LogP contribution in [0.3, 0.4) is 0 Å². The minimum absolute atomic E-state index is 0.168. The monoisotopic (exact) mass is 240 g/mol. The molecule has 0 saturated carbocycles. The highest BCUT2D eigenvalue weighted by molar-refractivity contribution is 6.27. The zero-order valence-electron chi connectivity index (χ0n) is 8.78. The zero-order chi connectivity index (χ0) is 11.9. The highest BCUT2D eigenvalue weighted by atomic mass is 35.5. The van der Waals surface area contributed by atoms with Gasteiger partial charge < -0.3 is 4.42 Å². The summed E-state index contributed by atoms with van der Waals surface area (Å²) < 4.78 is 6.08. The van der Waals surface area contributed by atoms with Crippen molar-refractivity contribution in [3.05, 3.63) is 27.7 Å². The Kier molecular flexibility index (Phi) is 2.55. The van der Waals surface area contributed by atoms with Gasteiger partial charge in [-0.2, -0.15) is 4.68 Å². The van der Waals surface area contributed by atoms with Crippen molar-refractivity contribution in [3.8, 4) is 0 Å². The lowest BCUT2D eigenvalue weighted by molar-refractivity contribution is 0.0922. The topological polar surface area (TPSA) is 65.1 Å². The van der Waals surface area contributed by atoms with Crippen molar-refractivity contribution < 1.29 is 9.21 Å². The Balaban J connectivity index is 2.83. The number of hydrogen-bond acceptors (Lipinski definition) is 4. The summed E-state index contributed by atoms with van der Waals surface area (Å²) in [7, 11) is 0. The van der Waals surface area contributed by atoms with Crippen LogP contribution in [-0.4, -0.2) is 21.6 Å². The van der Waals surface area contributed by atoms with Gasteiger partial charge in [-0.25, -0.2) is 4.79 Å². The van der Waals surface area contributed by atoms with E-state index in [4.69, 9.17) is 16.0 Å². The van der Waals surface area contributed by atoms with E-state index in [9.17, 15) is 9.59 Å². The lowest BCUT2D eigenvalue weighted by atomic mass is 10.2. The quantitative estimate of drug-likeness (QED) is 0.709. The lowest BCUT2D eigenvalue weighted by Gasteiger charge is -1.98. The first-order chi connectivity index (χ1) is 7.54. The molecule has 2 rings (SSSR count). The number of fused-ring (bicyclic) bond motifs is 1. The SMILES string of the molecule is Cc1cc(=O)oc2nn(C(=O)CCl)c(C)c12. The van der Waals surface area contributed by atoms with Crippen LogP contribution in [0.1, 0.15) is 16.1 Å². The van der Waals surface area contributed by atoms with Crippen LogP contribution in [0.4, 0.5) is 0 Å². The van der Waals surface area contributed by atoms with E-state index in [1.165, 1.54) is 6.07 Å². The highest BCUT2D eigenvalue weighted by Gasteiger charge is 2.16. The second kappa shape index (κ2) is 3.75. The molecule has 0 radical (unpaired) electrons. The molecule has 2 aromatic heterocycles. The molecule has 0 aliphatic heterocycles. The normalized spacial score (nSPS) is 10.9. The summed E-state index contributed by atoms with van der Waals surface area (Å²) >= 11 is 5.45. The zero-order valence-corrected chi connectivity index (χ0v) is 9.54. The van der Waals surface area contributed by atoms with E-state index in [0.29, 0.717) is 11.1 Å². The van der Waals surface area contributed by atoms with E-state index >= 15 is 0 Å². The van der Waals surface area contributed by atoms with Gasteiger partial charge in [-0.1, -0.05) is 0 Å². The van der Waals surface area contributed by atoms with Crippen molar-refractivity contribution in [2.24, 2.45) is 0 Å². The molecule has 0 saturated heterocycles. The molecule has 0 spiro atoms. The average molecular weight is 241 g/mol. The number of hydrogen-bond donors (Lipinski definition) is 0. The van der Waals surface area contributed by atoms with E-state index in [-0.39, 0.29) is 17.5 Å². The molecule has 0 aromatic carbocycles. The molecule has 0 amide bonds. The fraction of sp³-hybridized carbons (Fsp3) is 0.300. The highest BCUT2D eigenvalue weighted by Crippen LogP contribution is 2.19. The molecular weight excluding hydrogens is 232 g/mol. The Labute approximate surface area is 95.6 Å². The third-order valence-corrected chi connectivity index (χ3v) is 2.59. The standard InChI is InChI=1S/C10H9ClN2O3/c1-5-3-8(15)16-10-9(5)6(2)13(12-10)7(14)4-11/h3H,4H2,1-2H3. The summed E-state index contributed by atoms with van der Waals surface area (Å²) in [6.45, 7) is 3.50. The first-order valence-electron chi connectivity index (χ1n) is 4.64. The Bertz CT molecular complexity index is 627. The van der Waals surface area contributed by atoms with Gasteiger partial charge in [0.1, 0.15) is 5.88 Å². The van der Waals surface area contributed by atoms with Crippen LogP contribution in [0.25, 0.3) is 11.1 Å². The molecular formula is C10H9ClN2O3. The summed E-state index contributed by atoms with van der Waals surface area (Å²) in [5.74, 6) is -0.518. The number of alkyl halides is 1. The smallest absolute Gasteiger partial charge is 0.337 e. The minimum atomic E-state index is -0.479. The first-order valence-corrected chi connectivity index (χ1v) is 5.17. The Hall–Kier alpha value is -1.62. The van der Waals surface area contributed by atoms with E-state index in [1.54, 1.807) is 13.8 Å². The van der Waals surface area contributed by atoms with Crippen molar-refractivity contribution in [3.63, 3.8) is 0 Å². The molecule has 6 heteroatoms. The Morgan fingerprint density at radius 3 is 2.88 bits per heavy atom. The van der Waals surface area contributed by atoms with Crippen LogP contribution in [0.5, 0.6) is 0 Å². The fourth-order valence-corrected chi connectivity index (χ4v) is 1.79. The van der Waals surface area contributed by atoms with Gasteiger partial charge in [0, 0.05) is 6.07 Å². The fourth-order valence-electron chi connectivity index (χ4n) is 1.68. The van der Waals surface area contributed by atoms with Crippen LogP contribution < -0.4 is 5.63 Å². The predicted octanol–water partition coefficient (Wildman–Crippen LogP) is 1.49. The molecule has 2 aromatic rings. The lowest BCUT2D eigenvalue weighted by Crippen LogP contribution is -2.14. The molecule has 0 aliphatic carbocycles. The second-order valence-corrected chi connectivity index (χ2v) is 3.72. The summed E-state index contributed by atoms with van der Waals surface area (Å²) in [5.41, 5.74) is 1.05. The molecule has 84 valence electrons. The minimum Gasteiger partial charge on any atom is -0.402 e. The van der Waals surface area contributed by atoms with E-state index in [0.717, 1.165) is 10.2 Å². The molecule has 0 N–H and O–H groups in total. The predicted molar refractivity (Wildman–Crippen MR) is 59.1 cm³/mol. The van der Waals surface area contributed by atoms with Gasteiger partial charge in [0.05, 0.1) is 11.1 Å². The molecule has 0 atom stereocenters. The van der Waals surface area contributed by atoms with E-state index in [1.807, 2.05) is 0 Å². The second-order valence-electron chi connectivity index (χ2n) is 3.45. The van der Waals surface area contributed by atoms with Crippen LogP contribution in [-0.2, 0) is 0 Å². The number of carbonyl (C=O) groups excluding carboxylic acids is 1. The van der Waals surface area contributed by atoms with Gasteiger partial charge in [-0.15, -0.1) is 16.7 Å². The average Bonchev–Trinajstić information content (AvgIpc) is 2.54.